The number of amides is 2. The van der Waals surface area contributed by atoms with Crippen LogP contribution < -0.4 is 10.2 Å². The van der Waals surface area contributed by atoms with Crippen molar-refractivity contribution in [2.24, 2.45) is 5.92 Å². The molecule has 5 nitrogen and oxygen atoms in total. The van der Waals surface area contributed by atoms with Crippen molar-refractivity contribution in [3.8, 4) is 0 Å². The predicted molar refractivity (Wildman–Crippen MR) is 81.4 cm³/mol. The van der Waals surface area contributed by atoms with Gasteiger partial charge in [0.25, 0.3) is 0 Å². The normalized spacial score (nSPS) is 14.9. The van der Waals surface area contributed by atoms with Crippen molar-refractivity contribution in [2.45, 2.75) is 32.1 Å². The molecule has 0 saturated heterocycles. The van der Waals surface area contributed by atoms with Gasteiger partial charge in [-0.25, -0.2) is 4.79 Å². The maximum atomic E-state index is 12.2. The van der Waals surface area contributed by atoms with Crippen molar-refractivity contribution in [1.82, 2.24) is 5.32 Å². The monoisotopic (exact) mass is 290 g/mol. The zero-order chi connectivity index (χ0) is 15.1. The first-order chi connectivity index (χ1) is 10.2. The molecule has 0 aromatic heterocycles. The minimum absolute atomic E-state index is 0.334. The quantitative estimate of drug-likeness (QED) is 0.846. The zero-order valence-electron chi connectivity index (χ0n) is 12.1. The first-order valence-corrected chi connectivity index (χ1v) is 7.49. The third-order valence-electron chi connectivity index (χ3n) is 3.91. The van der Waals surface area contributed by atoms with Crippen molar-refractivity contribution in [1.29, 1.82) is 0 Å². The fraction of sp³-hybridized carbons (Fsp3) is 0.500. The third-order valence-corrected chi connectivity index (χ3v) is 3.91. The SMILES string of the molecule is O=C(O)CN(C(=O)NCCC1CCCC1)c1ccccc1. The van der Waals surface area contributed by atoms with Crippen LogP contribution >= 0.6 is 0 Å². The van der Waals surface area contributed by atoms with Gasteiger partial charge in [0.2, 0.25) is 0 Å². The van der Waals surface area contributed by atoms with Crippen LogP contribution in [-0.4, -0.2) is 30.2 Å². The lowest BCUT2D eigenvalue weighted by molar-refractivity contribution is -0.135. The van der Waals surface area contributed by atoms with Crippen LogP contribution in [0.1, 0.15) is 32.1 Å². The molecular formula is C16H22N2O3. The summed E-state index contributed by atoms with van der Waals surface area (Å²) in [5.74, 6) is -0.320. The van der Waals surface area contributed by atoms with Crippen LogP contribution in [0.4, 0.5) is 10.5 Å². The summed E-state index contributed by atoms with van der Waals surface area (Å²) >= 11 is 0. The fourth-order valence-electron chi connectivity index (χ4n) is 2.80. The smallest absolute Gasteiger partial charge is 0.323 e. The van der Waals surface area contributed by atoms with E-state index in [1.807, 2.05) is 6.07 Å². The molecule has 0 unspecified atom stereocenters. The molecule has 1 aliphatic rings. The molecule has 0 radical (unpaired) electrons. The molecule has 0 heterocycles. The van der Waals surface area contributed by atoms with Crippen LogP contribution in [0, 0.1) is 5.92 Å². The lowest BCUT2D eigenvalue weighted by Gasteiger charge is -2.21. The maximum absolute atomic E-state index is 12.2. The molecule has 2 rings (SSSR count). The molecule has 1 fully saturated rings. The highest BCUT2D eigenvalue weighted by Gasteiger charge is 2.19. The third kappa shape index (κ3) is 4.77. The number of anilines is 1. The number of carbonyl (C=O) groups excluding carboxylic acids is 1. The van der Waals surface area contributed by atoms with E-state index in [-0.39, 0.29) is 12.6 Å². The summed E-state index contributed by atoms with van der Waals surface area (Å²) in [5, 5.41) is 11.8. The number of urea groups is 1. The number of hydrogen-bond donors (Lipinski definition) is 2. The summed E-state index contributed by atoms with van der Waals surface area (Å²) in [7, 11) is 0. The fourth-order valence-corrected chi connectivity index (χ4v) is 2.80. The first kappa shape index (κ1) is 15.4. The number of hydrogen-bond acceptors (Lipinski definition) is 2. The van der Waals surface area contributed by atoms with Gasteiger partial charge in [-0.1, -0.05) is 43.9 Å². The van der Waals surface area contributed by atoms with Gasteiger partial charge in [-0.3, -0.25) is 9.69 Å². The van der Waals surface area contributed by atoms with E-state index in [0.717, 1.165) is 6.42 Å². The Morgan fingerprint density at radius 3 is 2.48 bits per heavy atom. The highest BCUT2D eigenvalue weighted by atomic mass is 16.4. The molecule has 0 bridgehead atoms. The molecule has 0 spiro atoms. The number of nitrogens with zero attached hydrogens (tertiary/aromatic N) is 1. The number of benzene rings is 1. The van der Waals surface area contributed by atoms with Gasteiger partial charge in [-0.05, 0) is 24.5 Å². The van der Waals surface area contributed by atoms with Crippen molar-refractivity contribution in [2.75, 3.05) is 18.0 Å². The number of carbonyl (C=O) groups is 2. The highest BCUT2D eigenvalue weighted by Crippen LogP contribution is 2.26. The van der Waals surface area contributed by atoms with E-state index in [4.69, 9.17) is 5.11 Å². The molecule has 1 aliphatic carbocycles. The van der Waals surface area contributed by atoms with E-state index in [2.05, 4.69) is 5.32 Å². The number of aliphatic carboxylic acids is 1. The van der Waals surface area contributed by atoms with Crippen molar-refractivity contribution >= 4 is 17.7 Å². The minimum Gasteiger partial charge on any atom is -0.480 e. The van der Waals surface area contributed by atoms with Gasteiger partial charge in [0.05, 0.1) is 0 Å². The van der Waals surface area contributed by atoms with Crippen LogP contribution in [-0.2, 0) is 4.79 Å². The van der Waals surface area contributed by atoms with Gasteiger partial charge in [0.1, 0.15) is 6.54 Å². The van der Waals surface area contributed by atoms with Crippen molar-refractivity contribution < 1.29 is 14.7 Å². The largest absolute Gasteiger partial charge is 0.480 e. The second kappa shape index (κ2) is 7.67. The standard InChI is InChI=1S/C16H22N2O3/c19-15(20)12-18(14-8-2-1-3-9-14)16(21)17-11-10-13-6-4-5-7-13/h1-3,8-9,13H,4-7,10-12H2,(H,17,21)(H,19,20). The van der Waals surface area contributed by atoms with E-state index >= 15 is 0 Å². The molecular weight excluding hydrogens is 268 g/mol. The summed E-state index contributed by atoms with van der Waals surface area (Å²) in [4.78, 5) is 24.4. The predicted octanol–water partition coefficient (Wildman–Crippen LogP) is 2.87. The van der Waals surface area contributed by atoms with Gasteiger partial charge in [0.15, 0.2) is 0 Å². The summed E-state index contributed by atoms with van der Waals surface area (Å²) in [6.07, 6.45) is 6.03. The van der Waals surface area contributed by atoms with Gasteiger partial charge in [-0.2, -0.15) is 0 Å². The van der Waals surface area contributed by atoms with E-state index in [0.29, 0.717) is 18.2 Å². The molecule has 0 aliphatic heterocycles. The van der Waals surface area contributed by atoms with E-state index in [9.17, 15) is 9.59 Å². The molecule has 114 valence electrons. The van der Waals surface area contributed by atoms with Crippen LogP contribution in [0.15, 0.2) is 30.3 Å². The summed E-state index contributed by atoms with van der Waals surface area (Å²) in [6.45, 7) is 0.270. The Bertz CT molecular complexity index is 470. The molecule has 0 atom stereocenters. The number of rotatable bonds is 6. The topological polar surface area (TPSA) is 69.6 Å². The Labute approximate surface area is 125 Å². The average Bonchev–Trinajstić information content (AvgIpc) is 2.98. The van der Waals surface area contributed by atoms with Gasteiger partial charge < -0.3 is 10.4 Å². The second-order valence-corrected chi connectivity index (χ2v) is 5.49. The maximum Gasteiger partial charge on any atom is 0.323 e. The van der Waals surface area contributed by atoms with E-state index < -0.39 is 5.97 Å². The molecule has 21 heavy (non-hydrogen) atoms. The molecule has 2 amide bonds. The minimum atomic E-state index is -1.02. The summed E-state index contributed by atoms with van der Waals surface area (Å²) in [5.41, 5.74) is 0.596. The lowest BCUT2D eigenvalue weighted by atomic mass is 10.0. The molecule has 1 saturated carbocycles. The lowest BCUT2D eigenvalue weighted by Crippen LogP contribution is -2.43. The number of carboxylic acids is 1. The number of nitrogens with one attached hydrogen (secondary N) is 1. The van der Waals surface area contributed by atoms with Crippen LogP contribution in [0.5, 0.6) is 0 Å². The van der Waals surface area contributed by atoms with E-state index in [1.54, 1.807) is 24.3 Å². The zero-order valence-corrected chi connectivity index (χ0v) is 12.1. The van der Waals surface area contributed by atoms with E-state index in [1.165, 1.54) is 30.6 Å². The summed E-state index contributed by atoms with van der Waals surface area (Å²) in [6, 6.07) is 8.53. The Kier molecular flexibility index (Phi) is 5.60. The average molecular weight is 290 g/mol. The Morgan fingerprint density at radius 1 is 1.19 bits per heavy atom. The highest BCUT2D eigenvalue weighted by molar-refractivity contribution is 5.96. The molecule has 2 N–H and O–H groups in total. The summed E-state index contributed by atoms with van der Waals surface area (Å²) < 4.78 is 0. The molecule has 5 heteroatoms. The van der Waals surface area contributed by atoms with Gasteiger partial charge in [0, 0.05) is 12.2 Å². The van der Waals surface area contributed by atoms with Crippen LogP contribution in [0.25, 0.3) is 0 Å². The Hall–Kier alpha value is -2.04. The molecule has 1 aromatic carbocycles. The molecule has 1 aromatic rings. The van der Waals surface area contributed by atoms with Gasteiger partial charge in [-0.15, -0.1) is 0 Å². The van der Waals surface area contributed by atoms with Crippen molar-refractivity contribution in [3.05, 3.63) is 30.3 Å². The number of para-hydroxylation sites is 1. The second-order valence-electron chi connectivity index (χ2n) is 5.49. The first-order valence-electron chi connectivity index (χ1n) is 7.49. The van der Waals surface area contributed by atoms with Gasteiger partial charge >= 0.3 is 12.0 Å². The van der Waals surface area contributed by atoms with Crippen LogP contribution in [0.2, 0.25) is 0 Å². The Morgan fingerprint density at radius 2 is 1.86 bits per heavy atom. The number of carboxylic acid groups (broad SMARTS) is 1. The van der Waals surface area contributed by atoms with Crippen LogP contribution in [0.3, 0.4) is 0 Å². The van der Waals surface area contributed by atoms with Crippen molar-refractivity contribution in [3.63, 3.8) is 0 Å². The Balaban J connectivity index is 1.89.